The van der Waals surface area contributed by atoms with E-state index in [1.807, 2.05) is 6.07 Å². The maximum Gasteiger partial charge on any atom is 0.323 e. The highest BCUT2D eigenvalue weighted by Gasteiger charge is 2.35. The van der Waals surface area contributed by atoms with Gasteiger partial charge in [0.25, 0.3) is 0 Å². The summed E-state index contributed by atoms with van der Waals surface area (Å²) in [7, 11) is -1.61. The van der Waals surface area contributed by atoms with Gasteiger partial charge in [0.15, 0.2) is 0 Å². The van der Waals surface area contributed by atoms with Crippen molar-refractivity contribution in [1.29, 1.82) is 0 Å². The zero-order valence-corrected chi connectivity index (χ0v) is 15.4. The summed E-state index contributed by atoms with van der Waals surface area (Å²) in [5, 5.41) is 6.66. The lowest BCUT2D eigenvalue weighted by molar-refractivity contribution is 0.108. The van der Waals surface area contributed by atoms with Crippen molar-refractivity contribution in [3.05, 3.63) is 11.8 Å². The van der Waals surface area contributed by atoms with Crippen LogP contribution in [-0.2, 0) is 21.8 Å². The molecule has 25 heavy (non-hydrogen) atoms. The highest BCUT2D eigenvalue weighted by Crippen LogP contribution is 2.29. The van der Waals surface area contributed by atoms with Crippen molar-refractivity contribution in [1.82, 2.24) is 19.4 Å². The predicted molar refractivity (Wildman–Crippen MR) is 92.7 cm³/mol. The maximum atomic E-state index is 12.5. The molecule has 3 heterocycles. The number of urea groups is 1. The molecule has 0 spiro atoms. The van der Waals surface area contributed by atoms with E-state index in [0.717, 1.165) is 25.1 Å². The van der Waals surface area contributed by atoms with Gasteiger partial charge in [0.1, 0.15) is 11.9 Å². The van der Waals surface area contributed by atoms with E-state index in [9.17, 15) is 13.2 Å². The van der Waals surface area contributed by atoms with Crippen LogP contribution in [0.4, 0.5) is 10.6 Å². The molecule has 2 aliphatic rings. The molecule has 140 valence electrons. The Morgan fingerprint density at radius 1 is 1.44 bits per heavy atom. The minimum Gasteiger partial charge on any atom is -0.372 e. The van der Waals surface area contributed by atoms with Gasteiger partial charge in [-0.15, -0.1) is 0 Å². The molecular formula is C15H25N5O4S. The largest absolute Gasteiger partial charge is 0.372 e. The summed E-state index contributed by atoms with van der Waals surface area (Å²) in [4.78, 5) is 14.0. The Morgan fingerprint density at radius 2 is 2.24 bits per heavy atom. The number of sulfonamides is 1. The summed E-state index contributed by atoms with van der Waals surface area (Å²) in [6, 6.07) is 1.51. The summed E-state index contributed by atoms with van der Waals surface area (Å²) in [5.74, 6) is 0.577. The second kappa shape index (κ2) is 7.30. The van der Waals surface area contributed by atoms with Crippen LogP contribution in [0.5, 0.6) is 0 Å². The van der Waals surface area contributed by atoms with E-state index in [-0.39, 0.29) is 18.7 Å². The summed E-state index contributed by atoms with van der Waals surface area (Å²) in [6.45, 7) is 3.44. The van der Waals surface area contributed by atoms with Gasteiger partial charge in [-0.1, -0.05) is 6.92 Å². The fourth-order valence-electron chi connectivity index (χ4n) is 3.25. The number of nitrogens with one attached hydrogen (secondary N) is 2. The molecule has 2 atom stereocenters. The molecule has 0 aromatic carbocycles. The van der Waals surface area contributed by atoms with Gasteiger partial charge >= 0.3 is 6.03 Å². The third kappa shape index (κ3) is 3.96. The van der Waals surface area contributed by atoms with Crippen molar-refractivity contribution in [2.24, 2.45) is 7.05 Å². The molecular weight excluding hydrogens is 346 g/mol. The van der Waals surface area contributed by atoms with E-state index in [0.29, 0.717) is 25.3 Å². The molecule has 3 rings (SSSR count). The van der Waals surface area contributed by atoms with Crippen LogP contribution in [0.3, 0.4) is 0 Å². The smallest absolute Gasteiger partial charge is 0.323 e. The lowest BCUT2D eigenvalue weighted by Gasteiger charge is -2.17. The van der Waals surface area contributed by atoms with Crippen molar-refractivity contribution in [3.63, 3.8) is 0 Å². The molecule has 2 amide bonds. The minimum absolute atomic E-state index is 0.0155. The second-order valence-electron chi connectivity index (χ2n) is 6.41. The number of aromatic nitrogens is 2. The van der Waals surface area contributed by atoms with Crippen molar-refractivity contribution >= 4 is 21.9 Å². The first kappa shape index (κ1) is 18.2. The first-order valence-electron chi connectivity index (χ1n) is 8.60. The number of carbonyl (C=O) groups excluding carboxylic acids is 1. The Hall–Kier alpha value is -1.65. The second-order valence-corrected chi connectivity index (χ2v) is 8.45. The lowest BCUT2D eigenvalue weighted by Crippen LogP contribution is -2.39. The van der Waals surface area contributed by atoms with Crippen LogP contribution in [0, 0.1) is 0 Å². The monoisotopic (exact) mass is 371 g/mol. The molecule has 0 aliphatic carbocycles. The van der Waals surface area contributed by atoms with Gasteiger partial charge in [0, 0.05) is 39.4 Å². The Labute approximate surface area is 147 Å². The topological polar surface area (TPSA) is 106 Å². The average Bonchev–Trinajstić information content (AvgIpc) is 3.28. The lowest BCUT2D eigenvalue weighted by atomic mass is 10.2. The number of ether oxygens (including phenoxy) is 1. The number of carbonyl (C=O) groups is 1. The molecule has 2 aliphatic heterocycles. The van der Waals surface area contributed by atoms with Crippen LogP contribution in [0.1, 0.15) is 38.0 Å². The van der Waals surface area contributed by atoms with Crippen LogP contribution in [-0.4, -0.2) is 60.6 Å². The maximum absolute atomic E-state index is 12.5. The molecule has 1 aromatic rings. The van der Waals surface area contributed by atoms with Gasteiger partial charge < -0.3 is 9.64 Å². The molecule has 2 N–H and O–H groups in total. The standard InChI is InChI=1S/C15H25N5O4S/c1-3-16-25(22,23)11-6-7-20(10-11)15(21)17-14-9-12(18-19(14)2)13-5-4-8-24-13/h9,11,13,16H,3-8,10H2,1-2H3,(H,17,21). The van der Waals surface area contributed by atoms with E-state index in [1.54, 1.807) is 18.7 Å². The van der Waals surface area contributed by atoms with Crippen LogP contribution in [0.2, 0.25) is 0 Å². The Balaban J connectivity index is 1.61. The highest BCUT2D eigenvalue weighted by molar-refractivity contribution is 7.90. The van der Waals surface area contributed by atoms with Crippen LogP contribution < -0.4 is 10.0 Å². The SMILES string of the molecule is CCNS(=O)(=O)C1CCN(C(=O)Nc2cc(C3CCCO3)nn2C)C1. The first-order chi connectivity index (χ1) is 11.9. The Kier molecular flexibility index (Phi) is 5.30. The quantitative estimate of drug-likeness (QED) is 0.797. The number of rotatable bonds is 5. The van der Waals surface area contributed by atoms with Crippen LogP contribution in [0.25, 0.3) is 0 Å². The molecule has 10 heteroatoms. The Bertz CT molecular complexity index is 726. The molecule has 9 nitrogen and oxygen atoms in total. The van der Waals surface area contributed by atoms with Crippen molar-refractivity contribution in [3.8, 4) is 0 Å². The summed E-state index contributed by atoms with van der Waals surface area (Å²) in [5.41, 5.74) is 0.810. The molecule has 1 aromatic heterocycles. The first-order valence-corrected chi connectivity index (χ1v) is 10.1. The van der Waals surface area contributed by atoms with Gasteiger partial charge in [0.2, 0.25) is 10.0 Å². The average molecular weight is 371 g/mol. The van der Waals surface area contributed by atoms with Crippen molar-refractivity contribution in [2.45, 2.75) is 37.5 Å². The number of likely N-dealkylation sites (tertiary alicyclic amines) is 1. The summed E-state index contributed by atoms with van der Waals surface area (Å²) < 4.78 is 33.9. The van der Waals surface area contributed by atoms with Crippen LogP contribution >= 0.6 is 0 Å². The van der Waals surface area contributed by atoms with E-state index >= 15 is 0 Å². The number of hydrogen-bond donors (Lipinski definition) is 2. The number of aryl methyl sites for hydroxylation is 1. The molecule has 0 bridgehead atoms. The van der Waals surface area contributed by atoms with Gasteiger partial charge in [-0.25, -0.2) is 17.9 Å². The number of anilines is 1. The summed E-state index contributed by atoms with van der Waals surface area (Å²) >= 11 is 0. The zero-order valence-electron chi connectivity index (χ0n) is 14.6. The number of nitrogens with zero attached hydrogens (tertiary/aromatic N) is 3. The van der Waals surface area contributed by atoms with Gasteiger partial charge in [0.05, 0.1) is 10.9 Å². The fraction of sp³-hybridized carbons (Fsp3) is 0.733. The van der Waals surface area contributed by atoms with Gasteiger partial charge in [-0.2, -0.15) is 5.10 Å². The fourth-order valence-corrected chi connectivity index (χ4v) is 4.68. The van der Waals surface area contributed by atoms with Gasteiger partial charge in [-0.05, 0) is 19.3 Å². The van der Waals surface area contributed by atoms with E-state index in [1.165, 1.54) is 4.90 Å². The number of amides is 2. The van der Waals surface area contributed by atoms with Crippen molar-refractivity contribution < 1.29 is 17.9 Å². The molecule has 0 saturated carbocycles. The zero-order chi connectivity index (χ0) is 18.0. The van der Waals surface area contributed by atoms with E-state index in [4.69, 9.17) is 4.74 Å². The number of hydrogen-bond acceptors (Lipinski definition) is 5. The normalized spacial score (nSPS) is 24.0. The highest BCUT2D eigenvalue weighted by atomic mass is 32.2. The van der Waals surface area contributed by atoms with Crippen molar-refractivity contribution in [2.75, 3.05) is 31.6 Å². The summed E-state index contributed by atoms with van der Waals surface area (Å²) in [6.07, 6.45) is 2.37. The van der Waals surface area contributed by atoms with E-state index < -0.39 is 15.3 Å². The minimum atomic E-state index is -3.37. The third-order valence-electron chi connectivity index (χ3n) is 4.61. The van der Waals surface area contributed by atoms with Gasteiger partial charge in [-0.3, -0.25) is 10.00 Å². The molecule has 2 unspecified atom stereocenters. The Morgan fingerprint density at radius 3 is 2.92 bits per heavy atom. The molecule has 0 radical (unpaired) electrons. The molecule has 2 saturated heterocycles. The predicted octanol–water partition coefficient (Wildman–Crippen LogP) is 0.817. The third-order valence-corrected chi connectivity index (χ3v) is 6.56. The molecule has 2 fully saturated rings. The van der Waals surface area contributed by atoms with E-state index in [2.05, 4.69) is 15.1 Å². The van der Waals surface area contributed by atoms with Crippen LogP contribution in [0.15, 0.2) is 6.07 Å².